The van der Waals surface area contributed by atoms with Crippen LogP contribution in [0.2, 0.25) is 5.02 Å². The Morgan fingerprint density at radius 1 is 1.25 bits per heavy atom. The fraction of sp³-hybridized carbons (Fsp3) is 0.154. The summed E-state index contributed by atoms with van der Waals surface area (Å²) >= 11 is 6.11. The Balaban J connectivity index is 2.40. The summed E-state index contributed by atoms with van der Waals surface area (Å²) in [4.78, 5) is 4.11. The molecule has 2 aromatic rings. The smallest absolute Gasteiger partial charge is 0.0451 e. The first-order chi connectivity index (χ1) is 7.81. The van der Waals surface area contributed by atoms with Crippen molar-refractivity contribution in [3.63, 3.8) is 0 Å². The Labute approximate surface area is 100 Å². The molecule has 0 spiro atoms. The second-order valence-electron chi connectivity index (χ2n) is 3.58. The van der Waals surface area contributed by atoms with Crippen LogP contribution in [-0.2, 0) is 6.54 Å². The quantitative estimate of drug-likeness (QED) is 0.880. The maximum atomic E-state index is 6.11. The van der Waals surface area contributed by atoms with Gasteiger partial charge >= 0.3 is 0 Å². The third-order valence-electron chi connectivity index (χ3n) is 2.41. The Morgan fingerprint density at radius 3 is 2.81 bits per heavy atom. The molecule has 3 heteroatoms. The standard InChI is InChI=1S/C13H13ClN2/c1-15-8-12-7-10(4-5-13(12)14)11-3-2-6-16-9-11/h2-7,9,15H,8H2,1H3. The lowest BCUT2D eigenvalue weighted by Crippen LogP contribution is -2.05. The van der Waals surface area contributed by atoms with Crippen molar-refractivity contribution in [1.29, 1.82) is 0 Å². The van der Waals surface area contributed by atoms with Gasteiger partial charge in [-0.3, -0.25) is 4.98 Å². The van der Waals surface area contributed by atoms with Crippen LogP contribution in [0.15, 0.2) is 42.7 Å². The summed E-state index contributed by atoms with van der Waals surface area (Å²) in [5.41, 5.74) is 3.35. The van der Waals surface area contributed by atoms with Gasteiger partial charge in [0.1, 0.15) is 0 Å². The number of hydrogen-bond acceptors (Lipinski definition) is 2. The average Bonchev–Trinajstić information content (AvgIpc) is 2.33. The largest absolute Gasteiger partial charge is 0.316 e. The molecule has 0 aliphatic heterocycles. The van der Waals surface area contributed by atoms with Crippen molar-refractivity contribution in [1.82, 2.24) is 10.3 Å². The molecule has 0 atom stereocenters. The Bertz CT molecular complexity index is 469. The molecule has 2 nitrogen and oxygen atoms in total. The van der Waals surface area contributed by atoms with Gasteiger partial charge in [0.25, 0.3) is 0 Å². The summed E-state index contributed by atoms with van der Waals surface area (Å²) in [5.74, 6) is 0. The molecule has 0 amide bonds. The summed E-state index contributed by atoms with van der Waals surface area (Å²) in [6.07, 6.45) is 3.63. The molecule has 0 aliphatic carbocycles. The van der Waals surface area contributed by atoms with Crippen LogP contribution in [0.4, 0.5) is 0 Å². The molecule has 1 aromatic carbocycles. The van der Waals surface area contributed by atoms with Crippen molar-refractivity contribution in [2.45, 2.75) is 6.54 Å². The van der Waals surface area contributed by atoms with Gasteiger partial charge in [-0.25, -0.2) is 0 Å². The number of nitrogens with zero attached hydrogens (tertiary/aromatic N) is 1. The molecule has 0 fully saturated rings. The zero-order chi connectivity index (χ0) is 11.4. The summed E-state index contributed by atoms with van der Waals surface area (Å²) < 4.78 is 0. The van der Waals surface area contributed by atoms with Gasteiger partial charge in [0.15, 0.2) is 0 Å². The van der Waals surface area contributed by atoms with Crippen LogP contribution in [0, 0.1) is 0 Å². The van der Waals surface area contributed by atoms with Gasteiger partial charge in [-0.2, -0.15) is 0 Å². The normalized spacial score (nSPS) is 10.4. The van der Waals surface area contributed by atoms with Crippen LogP contribution in [-0.4, -0.2) is 12.0 Å². The van der Waals surface area contributed by atoms with Crippen LogP contribution in [0.5, 0.6) is 0 Å². The number of aromatic nitrogens is 1. The fourth-order valence-electron chi connectivity index (χ4n) is 1.61. The molecule has 1 aromatic heterocycles. The van der Waals surface area contributed by atoms with Gasteiger partial charge in [-0.05, 0) is 41.9 Å². The lowest BCUT2D eigenvalue weighted by Gasteiger charge is -2.07. The molecule has 1 N–H and O–H groups in total. The van der Waals surface area contributed by atoms with Gasteiger partial charge in [0.05, 0.1) is 0 Å². The fourth-order valence-corrected chi connectivity index (χ4v) is 1.80. The molecular formula is C13H13ClN2. The van der Waals surface area contributed by atoms with Crippen molar-refractivity contribution in [2.75, 3.05) is 7.05 Å². The SMILES string of the molecule is CNCc1cc(-c2cccnc2)ccc1Cl. The van der Waals surface area contributed by atoms with E-state index >= 15 is 0 Å². The van der Waals surface area contributed by atoms with Crippen molar-refractivity contribution in [3.05, 3.63) is 53.3 Å². The third kappa shape index (κ3) is 2.40. The minimum absolute atomic E-state index is 0.771. The van der Waals surface area contributed by atoms with Gasteiger partial charge in [-0.15, -0.1) is 0 Å². The predicted molar refractivity (Wildman–Crippen MR) is 67.4 cm³/mol. The number of rotatable bonds is 3. The first-order valence-corrected chi connectivity index (χ1v) is 5.52. The highest BCUT2D eigenvalue weighted by atomic mass is 35.5. The summed E-state index contributed by atoms with van der Waals surface area (Å²) in [5, 5.41) is 3.90. The molecule has 0 unspecified atom stereocenters. The van der Waals surface area contributed by atoms with E-state index in [0.29, 0.717) is 0 Å². The molecular weight excluding hydrogens is 220 g/mol. The number of benzene rings is 1. The first kappa shape index (κ1) is 11.1. The number of pyridine rings is 1. The summed E-state index contributed by atoms with van der Waals surface area (Å²) in [6, 6.07) is 10.0. The lowest BCUT2D eigenvalue weighted by molar-refractivity contribution is 0.818. The molecule has 16 heavy (non-hydrogen) atoms. The van der Waals surface area contributed by atoms with Gasteiger partial charge in [-0.1, -0.05) is 23.7 Å². The van der Waals surface area contributed by atoms with Crippen LogP contribution in [0.3, 0.4) is 0 Å². The van der Waals surface area contributed by atoms with Crippen LogP contribution < -0.4 is 5.32 Å². The zero-order valence-electron chi connectivity index (χ0n) is 9.07. The van der Waals surface area contributed by atoms with Crippen LogP contribution in [0.1, 0.15) is 5.56 Å². The molecule has 2 rings (SSSR count). The molecule has 0 radical (unpaired) electrons. The van der Waals surface area contributed by atoms with E-state index in [1.54, 1.807) is 6.20 Å². The van der Waals surface area contributed by atoms with E-state index in [-0.39, 0.29) is 0 Å². The van der Waals surface area contributed by atoms with E-state index in [4.69, 9.17) is 11.6 Å². The topological polar surface area (TPSA) is 24.9 Å². The molecule has 82 valence electrons. The molecule has 0 saturated carbocycles. The minimum atomic E-state index is 0.771. The zero-order valence-corrected chi connectivity index (χ0v) is 9.83. The highest BCUT2D eigenvalue weighted by molar-refractivity contribution is 6.31. The lowest BCUT2D eigenvalue weighted by atomic mass is 10.0. The van der Waals surface area contributed by atoms with Crippen LogP contribution in [0.25, 0.3) is 11.1 Å². The Morgan fingerprint density at radius 2 is 2.12 bits per heavy atom. The van der Waals surface area contributed by atoms with Gasteiger partial charge in [0, 0.05) is 24.0 Å². The third-order valence-corrected chi connectivity index (χ3v) is 2.78. The average molecular weight is 233 g/mol. The monoisotopic (exact) mass is 232 g/mol. The van der Waals surface area contributed by atoms with E-state index in [9.17, 15) is 0 Å². The number of nitrogens with one attached hydrogen (secondary N) is 1. The van der Waals surface area contributed by atoms with E-state index in [1.807, 2.05) is 37.5 Å². The Kier molecular flexibility index (Phi) is 3.54. The highest BCUT2D eigenvalue weighted by Gasteiger charge is 2.03. The molecule has 0 saturated heterocycles. The first-order valence-electron chi connectivity index (χ1n) is 5.14. The summed E-state index contributed by atoms with van der Waals surface area (Å²) in [6.45, 7) is 0.771. The van der Waals surface area contributed by atoms with Crippen molar-refractivity contribution >= 4 is 11.6 Å². The Hall–Kier alpha value is -1.38. The van der Waals surface area contributed by atoms with E-state index in [1.165, 1.54) is 0 Å². The number of hydrogen-bond donors (Lipinski definition) is 1. The van der Waals surface area contributed by atoms with Crippen LogP contribution >= 0.6 is 11.6 Å². The maximum Gasteiger partial charge on any atom is 0.0451 e. The molecule has 1 heterocycles. The second kappa shape index (κ2) is 5.10. The van der Waals surface area contributed by atoms with E-state index < -0.39 is 0 Å². The van der Waals surface area contributed by atoms with Crippen molar-refractivity contribution in [2.24, 2.45) is 0 Å². The second-order valence-corrected chi connectivity index (χ2v) is 3.99. The number of halogens is 1. The maximum absolute atomic E-state index is 6.11. The molecule has 0 aliphatic rings. The predicted octanol–water partition coefficient (Wildman–Crippen LogP) is 3.12. The molecule has 0 bridgehead atoms. The van der Waals surface area contributed by atoms with E-state index in [0.717, 1.165) is 28.3 Å². The summed E-state index contributed by atoms with van der Waals surface area (Å²) in [7, 11) is 1.91. The van der Waals surface area contributed by atoms with E-state index in [2.05, 4.69) is 16.4 Å². The van der Waals surface area contributed by atoms with Crippen molar-refractivity contribution < 1.29 is 0 Å². The highest BCUT2D eigenvalue weighted by Crippen LogP contribution is 2.24. The van der Waals surface area contributed by atoms with Gasteiger partial charge in [0.2, 0.25) is 0 Å². The minimum Gasteiger partial charge on any atom is -0.316 e. The van der Waals surface area contributed by atoms with Gasteiger partial charge < -0.3 is 5.32 Å². The van der Waals surface area contributed by atoms with Crippen molar-refractivity contribution in [3.8, 4) is 11.1 Å².